The second kappa shape index (κ2) is 6.13. The van der Waals surface area contributed by atoms with Gasteiger partial charge in [0, 0.05) is 24.7 Å². The molecule has 0 amide bonds. The van der Waals surface area contributed by atoms with Crippen LogP contribution in [0.15, 0.2) is 18.2 Å². The van der Waals surface area contributed by atoms with Gasteiger partial charge >= 0.3 is 0 Å². The molecule has 2 rings (SSSR count). The summed E-state index contributed by atoms with van der Waals surface area (Å²) >= 11 is 0. The molecule has 1 heterocycles. The fourth-order valence-electron chi connectivity index (χ4n) is 1.99. The van der Waals surface area contributed by atoms with Crippen molar-refractivity contribution in [2.75, 3.05) is 26.3 Å². The topological polar surface area (TPSA) is 58.6 Å². The average molecular weight is 306 g/mol. The summed E-state index contributed by atoms with van der Waals surface area (Å²) in [6.07, 6.45) is 0. The zero-order chi connectivity index (χ0) is 14.8. The fourth-order valence-corrected chi connectivity index (χ4v) is 3.35. The van der Waals surface area contributed by atoms with Crippen LogP contribution in [-0.2, 0) is 14.9 Å². The molecule has 1 aliphatic heterocycles. The van der Waals surface area contributed by atoms with Crippen LogP contribution in [-0.4, -0.2) is 39.0 Å². The minimum atomic E-state index is -3.75. The number of nitrogens with zero attached hydrogens (tertiary/aromatic N) is 1. The van der Waals surface area contributed by atoms with E-state index in [1.807, 2.05) is 0 Å². The molecule has 5 nitrogen and oxygen atoms in total. The fraction of sp³-hybridized carbons (Fsp3) is 0.500. The first-order chi connectivity index (χ1) is 9.40. The van der Waals surface area contributed by atoms with Crippen molar-refractivity contribution in [2.45, 2.75) is 13.0 Å². The van der Waals surface area contributed by atoms with Crippen LogP contribution in [0.3, 0.4) is 0 Å². The number of hydrogen-bond acceptors (Lipinski definition) is 3. The molecule has 1 saturated heterocycles. The molecule has 0 spiro atoms. The summed E-state index contributed by atoms with van der Waals surface area (Å²) < 4.78 is 59.6. The molecule has 8 heteroatoms. The lowest BCUT2D eigenvalue weighted by atomic mass is 10.1. The number of nitrogens with one attached hydrogen (secondary N) is 1. The molecule has 0 aliphatic carbocycles. The van der Waals surface area contributed by atoms with Crippen molar-refractivity contribution in [2.24, 2.45) is 0 Å². The third-order valence-corrected chi connectivity index (χ3v) is 4.76. The zero-order valence-corrected chi connectivity index (χ0v) is 11.8. The summed E-state index contributed by atoms with van der Waals surface area (Å²) in [6, 6.07) is 2.09. The van der Waals surface area contributed by atoms with Gasteiger partial charge in [0.1, 0.15) is 11.6 Å². The maximum absolute atomic E-state index is 13.6. The SMILES string of the molecule is CC(NS(=O)(=O)N1CCOCC1)c1cc(F)ccc1F. The molecular formula is C12H16F2N2O3S. The number of hydrogen-bond donors (Lipinski definition) is 1. The second-order valence-corrected chi connectivity index (χ2v) is 6.22. The van der Waals surface area contributed by atoms with Crippen LogP contribution in [0, 0.1) is 11.6 Å². The quantitative estimate of drug-likeness (QED) is 0.909. The van der Waals surface area contributed by atoms with Gasteiger partial charge < -0.3 is 4.74 Å². The molecule has 1 aromatic carbocycles. The molecule has 0 radical (unpaired) electrons. The van der Waals surface area contributed by atoms with Crippen molar-refractivity contribution in [3.05, 3.63) is 35.4 Å². The standard InChI is InChI=1S/C12H16F2N2O3S/c1-9(11-8-10(13)2-3-12(11)14)15-20(17,18)16-4-6-19-7-5-16/h2-3,8-9,15H,4-7H2,1H3. The molecule has 1 N–H and O–H groups in total. The molecule has 0 aromatic heterocycles. The molecule has 1 fully saturated rings. The first kappa shape index (κ1) is 15.3. The zero-order valence-electron chi connectivity index (χ0n) is 11.0. The van der Waals surface area contributed by atoms with Crippen molar-refractivity contribution in [3.63, 3.8) is 0 Å². The maximum atomic E-state index is 13.6. The van der Waals surface area contributed by atoms with Gasteiger partial charge in [-0.25, -0.2) is 8.78 Å². The highest BCUT2D eigenvalue weighted by molar-refractivity contribution is 7.87. The highest BCUT2D eigenvalue weighted by atomic mass is 32.2. The predicted octanol–water partition coefficient (Wildman–Crippen LogP) is 1.19. The van der Waals surface area contributed by atoms with Gasteiger partial charge in [-0.2, -0.15) is 17.4 Å². The number of halogens is 2. The van der Waals surface area contributed by atoms with Crippen LogP contribution < -0.4 is 4.72 Å². The Balaban J connectivity index is 2.13. The first-order valence-electron chi connectivity index (χ1n) is 6.20. The summed E-state index contributed by atoms with van der Waals surface area (Å²) in [5.74, 6) is -1.26. The summed E-state index contributed by atoms with van der Waals surface area (Å²) in [5.41, 5.74) is -0.0261. The lowest BCUT2D eigenvalue weighted by molar-refractivity contribution is 0.0723. The van der Waals surface area contributed by atoms with E-state index in [2.05, 4.69) is 4.72 Å². The van der Waals surface area contributed by atoms with Gasteiger partial charge in [0.05, 0.1) is 13.2 Å². The van der Waals surface area contributed by atoms with E-state index in [4.69, 9.17) is 4.74 Å². The number of benzene rings is 1. The van der Waals surface area contributed by atoms with Gasteiger partial charge in [0.15, 0.2) is 0 Å². The predicted molar refractivity (Wildman–Crippen MR) is 69.2 cm³/mol. The van der Waals surface area contributed by atoms with Gasteiger partial charge in [0.25, 0.3) is 10.2 Å². The van der Waals surface area contributed by atoms with E-state index >= 15 is 0 Å². The van der Waals surface area contributed by atoms with Gasteiger partial charge in [-0.1, -0.05) is 0 Å². The maximum Gasteiger partial charge on any atom is 0.280 e. The Labute approximate surface area is 116 Å². The van der Waals surface area contributed by atoms with E-state index in [-0.39, 0.29) is 18.7 Å². The van der Waals surface area contributed by atoms with Crippen LogP contribution in [0.5, 0.6) is 0 Å². The van der Waals surface area contributed by atoms with Crippen molar-refractivity contribution < 1.29 is 21.9 Å². The Morgan fingerprint density at radius 2 is 1.95 bits per heavy atom. The average Bonchev–Trinajstić information content (AvgIpc) is 2.42. The summed E-state index contributed by atoms with van der Waals surface area (Å²) in [4.78, 5) is 0. The van der Waals surface area contributed by atoms with Gasteiger partial charge in [0.2, 0.25) is 0 Å². The monoisotopic (exact) mass is 306 g/mol. The molecule has 1 unspecified atom stereocenters. The van der Waals surface area contributed by atoms with Gasteiger partial charge in [-0.15, -0.1) is 0 Å². The molecule has 20 heavy (non-hydrogen) atoms. The molecule has 112 valence electrons. The highest BCUT2D eigenvalue weighted by Gasteiger charge is 2.27. The van der Waals surface area contributed by atoms with E-state index in [1.165, 1.54) is 11.2 Å². The van der Waals surface area contributed by atoms with Crippen LogP contribution in [0.2, 0.25) is 0 Å². The Kier molecular flexibility index (Phi) is 4.69. The Morgan fingerprint density at radius 1 is 1.30 bits per heavy atom. The lowest BCUT2D eigenvalue weighted by Gasteiger charge is -2.27. The molecule has 1 aliphatic rings. The Hall–Kier alpha value is -1.09. The summed E-state index contributed by atoms with van der Waals surface area (Å²) in [5, 5.41) is 0. The number of rotatable bonds is 4. The largest absolute Gasteiger partial charge is 0.379 e. The summed E-state index contributed by atoms with van der Waals surface area (Å²) in [7, 11) is -3.75. The highest BCUT2D eigenvalue weighted by Crippen LogP contribution is 2.19. The second-order valence-electron chi connectivity index (χ2n) is 4.52. The van der Waals surface area contributed by atoms with E-state index in [0.717, 1.165) is 18.2 Å². The molecule has 1 aromatic rings. The van der Waals surface area contributed by atoms with Gasteiger partial charge in [-0.3, -0.25) is 0 Å². The minimum Gasteiger partial charge on any atom is -0.379 e. The van der Waals surface area contributed by atoms with E-state index in [1.54, 1.807) is 0 Å². The normalized spacial score (nSPS) is 18.9. The Bertz CT molecular complexity index is 574. The van der Waals surface area contributed by atoms with Crippen LogP contribution in [0.25, 0.3) is 0 Å². The minimum absolute atomic E-state index is 0.0261. The van der Waals surface area contributed by atoms with E-state index in [0.29, 0.717) is 13.2 Å². The summed E-state index contributed by atoms with van der Waals surface area (Å²) in [6.45, 7) is 2.60. The Morgan fingerprint density at radius 3 is 2.60 bits per heavy atom. The number of morpholine rings is 1. The van der Waals surface area contributed by atoms with Gasteiger partial charge in [-0.05, 0) is 25.1 Å². The van der Waals surface area contributed by atoms with Crippen LogP contribution in [0.1, 0.15) is 18.5 Å². The van der Waals surface area contributed by atoms with Crippen molar-refractivity contribution in [3.8, 4) is 0 Å². The van der Waals surface area contributed by atoms with Crippen LogP contribution >= 0.6 is 0 Å². The van der Waals surface area contributed by atoms with Crippen LogP contribution in [0.4, 0.5) is 8.78 Å². The van der Waals surface area contributed by atoms with E-state index in [9.17, 15) is 17.2 Å². The third kappa shape index (κ3) is 3.51. The van der Waals surface area contributed by atoms with Crippen molar-refractivity contribution in [1.29, 1.82) is 0 Å². The van der Waals surface area contributed by atoms with E-state index < -0.39 is 27.9 Å². The lowest BCUT2D eigenvalue weighted by Crippen LogP contribution is -2.47. The van der Waals surface area contributed by atoms with Crippen molar-refractivity contribution in [1.82, 2.24) is 9.03 Å². The first-order valence-corrected chi connectivity index (χ1v) is 7.64. The smallest absolute Gasteiger partial charge is 0.280 e. The van der Waals surface area contributed by atoms with Crippen molar-refractivity contribution >= 4 is 10.2 Å². The molecule has 0 saturated carbocycles. The molecule has 0 bridgehead atoms. The number of ether oxygens (including phenoxy) is 1. The third-order valence-electron chi connectivity index (χ3n) is 3.06. The molecule has 1 atom stereocenters. The molecular weight excluding hydrogens is 290 g/mol.